The molecule has 6 N–H and O–H groups in total. The van der Waals surface area contributed by atoms with Gasteiger partial charge in [-0.3, -0.25) is 4.79 Å². The van der Waals surface area contributed by atoms with E-state index in [9.17, 15) is 4.79 Å². The van der Waals surface area contributed by atoms with E-state index in [4.69, 9.17) is 22.0 Å². The Bertz CT molecular complexity index is 194. The topological polar surface area (TPSA) is 113 Å². The molecule has 0 saturated carbocycles. The van der Waals surface area contributed by atoms with Crippen molar-refractivity contribution < 1.29 is 9.90 Å². The average molecular weight is 201 g/mol. The zero-order valence-corrected chi connectivity index (χ0v) is 8.33. The molecule has 0 aromatic carbocycles. The van der Waals surface area contributed by atoms with Crippen molar-refractivity contribution in [1.29, 1.82) is 5.41 Å². The summed E-state index contributed by atoms with van der Waals surface area (Å²) in [7, 11) is 0. The van der Waals surface area contributed by atoms with Gasteiger partial charge in [0.2, 0.25) is 0 Å². The van der Waals surface area contributed by atoms with E-state index in [0.29, 0.717) is 25.1 Å². The number of nitrogens with two attached hydrogens (primary N) is 2. The van der Waals surface area contributed by atoms with Gasteiger partial charge >= 0.3 is 5.97 Å². The highest BCUT2D eigenvalue weighted by Crippen LogP contribution is 2.05. The zero-order valence-electron chi connectivity index (χ0n) is 8.33. The van der Waals surface area contributed by atoms with E-state index in [0.717, 1.165) is 19.3 Å². The van der Waals surface area contributed by atoms with Gasteiger partial charge in [-0.15, -0.1) is 0 Å². The van der Waals surface area contributed by atoms with Gasteiger partial charge in [0.15, 0.2) is 0 Å². The molecule has 1 unspecified atom stereocenters. The molecule has 0 aliphatic rings. The van der Waals surface area contributed by atoms with Crippen LogP contribution in [-0.2, 0) is 4.79 Å². The molecule has 0 radical (unpaired) electrons. The summed E-state index contributed by atoms with van der Waals surface area (Å²) in [6.07, 6.45) is 3.81. The van der Waals surface area contributed by atoms with Crippen LogP contribution in [0.3, 0.4) is 0 Å². The fourth-order valence-corrected chi connectivity index (χ4v) is 1.10. The van der Waals surface area contributed by atoms with Gasteiger partial charge in [-0.25, -0.2) is 0 Å². The van der Waals surface area contributed by atoms with Gasteiger partial charge in [-0.05, 0) is 19.3 Å². The summed E-state index contributed by atoms with van der Waals surface area (Å²) in [6.45, 7) is 0.314. The average Bonchev–Trinajstić information content (AvgIpc) is 2.16. The summed E-state index contributed by atoms with van der Waals surface area (Å²) >= 11 is 0. The van der Waals surface area contributed by atoms with Crippen LogP contribution in [0.5, 0.6) is 0 Å². The second kappa shape index (κ2) is 7.46. The summed E-state index contributed by atoms with van der Waals surface area (Å²) in [5, 5.41) is 15.8. The van der Waals surface area contributed by atoms with Crippen molar-refractivity contribution >= 4 is 11.7 Å². The number of hydrogen-bond acceptors (Lipinski definition) is 4. The first-order valence-corrected chi connectivity index (χ1v) is 4.82. The predicted octanol–water partition coefficient (Wildman–Crippen LogP) is 0.327. The number of carbonyl (C=O) groups is 1. The first-order chi connectivity index (χ1) is 6.57. The molecule has 82 valence electrons. The van der Waals surface area contributed by atoms with Gasteiger partial charge in [0.25, 0.3) is 0 Å². The molecule has 5 nitrogen and oxygen atoms in total. The Balaban J connectivity index is 3.30. The lowest BCUT2D eigenvalue weighted by molar-refractivity contribution is -0.138. The largest absolute Gasteiger partial charge is 0.480 e. The molecular weight excluding hydrogens is 182 g/mol. The minimum Gasteiger partial charge on any atom is -0.480 e. The van der Waals surface area contributed by atoms with Crippen molar-refractivity contribution in [3.8, 4) is 0 Å². The third-order valence-corrected chi connectivity index (χ3v) is 2.06. The Kier molecular flexibility index (Phi) is 6.96. The van der Waals surface area contributed by atoms with Crippen LogP contribution in [0.25, 0.3) is 0 Å². The Morgan fingerprint density at radius 2 is 2.00 bits per heavy atom. The minimum absolute atomic E-state index is 0.314. The number of nitrogens with one attached hydrogen (secondary N) is 1. The summed E-state index contributed by atoms with van der Waals surface area (Å²) < 4.78 is 0. The van der Waals surface area contributed by atoms with Crippen molar-refractivity contribution in [2.45, 2.75) is 38.1 Å². The molecule has 0 spiro atoms. The van der Waals surface area contributed by atoms with E-state index in [1.807, 2.05) is 0 Å². The van der Waals surface area contributed by atoms with E-state index in [1.54, 1.807) is 0 Å². The lowest BCUT2D eigenvalue weighted by Crippen LogP contribution is -2.29. The molecule has 1 atom stereocenters. The number of carboxylic acids is 1. The number of carboxylic acid groups (broad SMARTS) is 1. The SMILES string of the molecule is N=C(CN)CCCCCC(N)C(=O)O. The molecule has 0 heterocycles. The normalized spacial score (nSPS) is 12.4. The summed E-state index contributed by atoms with van der Waals surface area (Å²) in [4.78, 5) is 10.3. The molecule has 14 heavy (non-hydrogen) atoms. The standard InChI is InChI=1S/C9H19N3O2/c10-6-7(11)4-2-1-3-5-8(12)9(13)14/h8,11H,1-6,10,12H2,(H,13,14). The minimum atomic E-state index is -0.945. The van der Waals surface area contributed by atoms with Crippen molar-refractivity contribution in [1.82, 2.24) is 0 Å². The molecule has 0 rings (SSSR count). The van der Waals surface area contributed by atoms with Gasteiger partial charge in [-0.2, -0.15) is 0 Å². The van der Waals surface area contributed by atoms with Crippen LogP contribution < -0.4 is 11.5 Å². The molecule has 5 heteroatoms. The molecule has 0 saturated heterocycles. The van der Waals surface area contributed by atoms with Crippen LogP contribution in [0, 0.1) is 5.41 Å². The van der Waals surface area contributed by atoms with Crippen LogP contribution in [0.15, 0.2) is 0 Å². The predicted molar refractivity (Wildman–Crippen MR) is 55.5 cm³/mol. The van der Waals surface area contributed by atoms with Gasteiger partial charge in [0, 0.05) is 12.3 Å². The van der Waals surface area contributed by atoms with E-state index in [-0.39, 0.29) is 0 Å². The molecule has 0 aliphatic carbocycles. The first-order valence-electron chi connectivity index (χ1n) is 4.82. The van der Waals surface area contributed by atoms with Crippen molar-refractivity contribution in [3.05, 3.63) is 0 Å². The highest BCUT2D eigenvalue weighted by atomic mass is 16.4. The summed E-state index contributed by atoms with van der Waals surface area (Å²) in [5.74, 6) is -0.945. The number of unbranched alkanes of at least 4 members (excludes halogenated alkanes) is 2. The molecule has 0 aromatic rings. The summed E-state index contributed by atoms with van der Waals surface area (Å²) in [6, 6.07) is -0.746. The van der Waals surface area contributed by atoms with Crippen LogP contribution >= 0.6 is 0 Å². The number of hydrogen-bond donors (Lipinski definition) is 4. The molecule has 0 fully saturated rings. The van der Waals surface area contributed by atoms with Gasteiger partial charge in [-0.1, -0.05) is 12.8 Å². The number of rotatable bonds is 8. The number of aliphatic carboxylic acids is 1. The smallest absolute Gasteiger partial charge is 0.320 e. The fourth-order valence-electron chi connectivity index (χ4n) is 1.10. The maximum atomic E-state index is 10.3. The molecular formula is C9H19N3O2. The molecule has 0 aromatic heterocycles. The lowest BCUT2D eigenvalue weighted by Gasteiger charge is -2.05. The maximum absolute atomic E-state index is 10.3. The Labute approximate surface area is 84.0 Å². The van der Waals surface area contributed by atoms with Crippen LogP contribution in [0.1, 0.15) is 32.1 Å². The third kappa shape index (κ3) is 6.56. The highest BCUT2D eigenvalue weighted by Gasteiger charge is 2.09. The second-order valence-corrected chi connectivity index (χ2v) is 3.35. The van der Waals surface area contributed by atoms with Crippen LogP contribution in [0.2, 0.25) is 0 Å². The van der Waals surface area contributed by atoms with E-state index in [1.165, 1.54) is 0 Å². The van der Waals surface area contributed by atoms with Crippen LogP contribution in [0.4, 0.5) is 0 Å². The van der Waals surface area contributed by atoms with E-state index in [2.05, 4.69) is 0 Å². The molecule has 0 amide bonds. The Hall–Kier alpha value is -0.940. The monoisotopic (exact) mass is 201 g/mol. The van der Waals surface area contributed by atoms with Gasteiger partial charge in [0.05, 0.1) is 0 Å². The van der Waals surface area contributed by atoms with Crippen molar-refractivity contribution in [2.24, 2.45) is 11.5 Å². The zero-order chi connectivity index (χ0) is 11.0. The van der Waals surface area contributed by atoms with Gasteiger partial charge in [0.1, 0.15) is 6.04 Å². The van der Waals surface area contributed by atoms with Crippen molar-refractivity contribution in [3.63, 3.8) is 0 Å². The molecule has 0 bridgehead atoms. The lowest BCUT2D eigenvalue weighted by atomic mass is 10.1. The van der Waals surface area contributed by atoms with Gasteiger partial charge < -0.3 is 22.0 Å². The van der Waals surface area contributed by atoms with E-state index >= 15 is 0 Å². The van der Waals surface area contributed by atoms with E-state index < -0.39 is 12.0 Å². The molecule has 0 aliphatic heterocycles. The Morgan fingerprint density at radius 3 is 2.50 bits per heavy atom. The highest BCUT2D eigenvalue weighted by molar-refractivity contribution is 5.82. The Morgan fingerprint density at radius 1 is 1.36 bits per heavy atom. The van der Waals surface area contributed by atoms with Crippen molar-refractivity contribution in [2.75, 3.05) is 6.54 Å². The maximum Gasteiger partial charge on any atom is 0.320 e. The third-order valence-electron chi connectivity index (χ3n) is 2.06. The quantitative estimate of drug-likeness (QED) is 0.334. The fraction of sp³-hybridized carbons (Fsp3) is 0.778. The second-order valence-electron chi connectivity index (χ2n) is 3.35. The first kappa shape index (κ1) is 13.1. The summed E-state index contributed by atoms with van der Waals surface area (Å²) in [5.41, 5.74) is 11.1. The van der Waals surface area contributed by atoms with Crippen LogP contribution in [-0.4, -0.2) is 29.4 Å².